The van der Waals surface area contributed by atoms with Gasteiger partial charge in [-0.2, -0.15) is 0 Å². The third kappa shape index (κ3) is 3.88. The maximum atomic E-state index is 12.9. The van der Waals surface area contributed by atoms with Crippen molar-refractivity contribution in [3.05, 3.63) is 41.1 Å². The minimum Gasteiger partial charge on any atom is -0.496 e. The maximum absolute atomic E-state index is 12.9. The van der Waals surface area contributed by atoms with Crippen LogP contribution in [0.2, 0.25) is 5.02 Å². The van der Waals surface area contributed by atoms with Crippen molar-refractivity contribution in [3.8, 4) is 0 Å². The lowest BCUT2D eigenvalue weighted by Crippen LogP contribution is -2.43. The van der Waals surface area contributed by atoms with Crippen molar-refractivity contribution < 1.29 is 19.1 Å². The molecule has 1 saturated carbocycles. The molecule has 1 fully saturated rings. The van der Waals surface area contributed by atoms with E-state index in [4.69, 9.17) is 21.1 Å². The summed E-state index contributed by atoms with van der Waals surface area (Å²) in [6.45, 7) is 5.09. The number of rotatable bonds is 4. The summed E-state index contributed by atoms with van der Waals surface area (Å²) in [5.74, 6) is -0.0915. The molecule has 3 atom stereocenters. The Morgan fingerprint density at radius 1 is 1.23 bits per heavy atom. The number of amides is 1. The van der Waals surface area contributed by atoms with Crippen LogP contribution in [-0.2, 0) is 14.3 Å². The molecule has 0 N–H and O–H groups in total. The van der Waals surface area contributed by atoms with Gasteiger partial charge in [-0.25, -0.2) is 4.79 Å². The standard InChI is InChI=1S/C20H24ClNO4/c1-3-22(4-2)20(24)26-15-9-10-16-18(11-15)25-12-17(19(16)23)13-5-7-14(21)8-6-13/h5-8,12,15-16,18H,3-4,9-11H2,1-2H3. The van der Waals surface area contributed by atoms with Crippen molar-refractivity contribution in [2.24, 2.45) is 5.92 Å². The molecule has 1 amide bonds. The number of allylic oxidation sites excluding steroid dienone is 1. The van der Waals surface area contributed by atoms with Crippen LogP contribution in [0.1, 0.15) is 38.7 Å². The molecular formula is C20H24ClNO4. The first-order valence-corrected chi connectivity index (χ1v) is 9.52. The van der Waals surface area contributed by atoms with Gasteiger partial charge < -0.3 is 14.4 Å². The van der Waals surface area contributed by atoms with E-state index < -0.39 is 0 Å². The molecule has 140 valence electrons. The number of halogens is 1. The molecule has 0 spiro atoms. The Bertz CT molecular complexity index is 696. The van der Waals surface area contributed by atoms with Crippen molar-refractivity contribution in [1.82, 2.24) is 4.90 Å². The number of carbonyl (C=O) groups is 2. The molecule has 0 saturated heterocycles. The molecule has 2 aliphatic rings. The van der Waals surface area contributed by atoms with Crippen LogP contribution in [0.4, 0.5) is 4.79 Å². The lowest BCUT2D eigenvalue weighted by Gasteiger charge is -2.37. The molecule has 0 aromatic heterocycles. The number of Topliss-reactive ketones (excluding diaryl/α,β-unsaturated/α-hetero) is 1. The molecule has 3 unspecified atom stereocenters. The lowest BCUT2D eigenvalue weighted by molar-refractivity contribution is -0.126. The summed E-state index contributed by atoms with van der Waals surface area (Å²) < 4.78 is 11.5. The zero-order valence-corrected chi connectivity index (χ0v) is 15.9. The van der Waals surface area contributed by atoms with Crippen LogP contribution in [0.25, 0.3) is 5.57 Å². The van der Waals surface area contributed by atoms with E-state index in [1.165, 1.54) is 0 Å². The second-order valence-electron chi connectivity index (χ2n) is 6.67. The van der Waals surface area contributed by atoms with Gasteiger partial charge in [-0.05, 0) is 44.4 Å². The van der Waals surface area contributed by atoms with Crippen LogP contribution in [0.15, 0.2) is 30.5 Å². The van der Waals surface area contributed by atoms with E-state index in [-0.39, 0.29) is 30.0 Å². The SMILES string of the molecule is CCN(CC)C(=O)OC1CCC2C(=O)C(c3ccc(Cl)cc3)=COC2C1. The van der Waals surface area contributed by atoms with E-state index in [0.29, 0.717) is 42.9 Å². The second-order valence-corrected chi connectivity index (χ2v) is 7.11. The quantitative estimate of drug-likeness (QED) is 0.785. The van der Waals surface area contributed by atoms with Crippen LogP contribution in [0.5, 0.6) is 0 Å². The third-order valence-corrected chi connectivity index (χ3v) is 5.40. The molecule has 1 aliphatic heterocycles. The van der Waals surface area contributed by atoms with Gasteiger partial charge in [-0.1, -0.05) is 23.7 Å². The number of carbonyl (C=O) groups excluding carboxylic acids is 2. The highest BCUT2D eigenvalue weighted by molar-refractivity contribution is 6.30. The van der Waals surface area contributed by atoms with Crippen LogP contribution in [0.3, 0.4) is 0 Å². The van der Waals surface area contributed by atoms with Crippen LogP contribution >= 0.6 is 11.6 Å². The third-order valence-electron chi connectivity index (χ3n) is 5.15. The largest absolute Gasteiger partial charge is 0.496 e. The maximum Gasteiger partial charge on any atom is 0.410 e. The predicted octanol–water partition coefficient (Wildman–Crippen LogP) is 4.30. The number of hydrogen-bond donors (Lipinski definition) is 0. The second kappa shape index (κ2) is 8.12. The fraction of sp³-hybridized carbons (Fsp3) is 0.500. The zero-order valence-electron chi connectivity index (χ0n) is 15.1. The lowest BCUT2D eigenvalue weighted by atomic mass is 9.78. The number of ketones is 1. The average molecular weight is 378 g/mol. The topological polar surface area (TPSA) is 55.8 Å². The number of ether oxygens (including phenoxy) is 2. The van der Waals surface area contributed by atoms with Gasteiger partial charge in [0, 0.05) is 24.5 Å². The van der Waals surface area contributed by atoms with Gasteiger partial charge in [-0.3, -0.25) is 4.79 Å². The van der Waals surface area contributed by atoms with Crippen LogP contribution in [-0.4, -0.2) is 42.1 Å². The first-order valence-electron chi connectivity index (χ1n) is 9.14. The molecule has 1 aromatic carbocycles. The minimum absolute atomic E-state index is 0.0945. The first-order chi connectivity index (χ1) is 12.5. The fourth-order valence-corrected chi connectivity index (χ4v) is 3.73. The van der Waals surface area contributed by atoms with Crippen molar-refractivity contribution in [2.45, 2.75) is 45.3 Å². The first kappa shape index (κ1) is 18.8. The van der Waals surface area contributed by atoms with E-state index in [1.807, 2.05) is 26.0 Å². The molecule has 1 heterocycles. The smallest absolute Gasteiger partial charge is 0.410 e. The molecule has 6 heteroatoms. The van der Waals surface area contributed by atoms with Crippen molar-refractivity contribution in [3.63, 3.8) is 0 Å². The average Bonchev–Trinajstić information content (AvgIpc) is 2.64. The molecule has 0 bridgehead atoms. The molecule has 1 aliphatic carbocycles. The van der Waals surface area contributed by atoms with E-state index in [2.05, 4.69) is 0 Å². The van der Waals surface area contributed by atoms with Gasteiger partial charge in [0.15, 0.2) is 5.78 Å². The summed E-state index contributed by atoms with van der Waals surface area (Å²) in [6.07, 6.45) is 2.69. The van der Waals surface area contributed by atoms with Gasteiger partial charge >= 0.3 is 6.09 Å². The number of nitrogens with zero attached hydrogens (tertiary/aromatic N) is 1. The highest BCUT2D eigenvalue weighted by Crippen LogP contribution is 2.37. The molecule has 1 aromatic rings. The summed E-state index contributed by atoms with van der Waals surface area (Å²) in [4.78, 5) is 26.7. The summed E-state index contributed by atoms with van der Waals surface area (Å²) in [5, 5.41) is 0.631. The normalized spacial score (nSPS) is 25.0. The van der Waals surface area contributed by atoms with Gasteiger partial charge in [-0.15, -0.1) is 0 Å². The summed E-state index contributed by atoms with van der Waals surface area (Å²) in [6, 6.07) is 7.18. The zero-order chi connectivity index (χ0) is 18.7. The molecule has 0 radical (unpaired) electrons. The van der Waals surface area contributed by atoms with Crippen molar-refractivity contribution in [1.29, 1.82) is 0 Å². The minimum atomic E-state index is -0.294. The Morgan fingerprint density at radius 3 is 2.58 bits per heavy atom. The number of hydrogen-bond acceptors (Lipinski definition) is 4. The van der Waals surface area contributed by atoms with Gasteiger partial charge in [0.25, 0.3) is 0 Å². The van der Waals surface area contributed by atoms with E-state index in [0.717, 1.165) is 5.56 Å². The van der Waals surface area contributed by atoms with Crippen molar-refractivity contribution >= 4 is 29.1 Å². The van der Waals surface area contributed by atoms with Crippen molar-refractivity contribution in [2.75, 3.05) is 13.1 Å². The molecule has 5 nitrogen and oxygen atoms in total. The highest BCUT2D eigenvalue weighted by atomic mass is 35.5. The highest BCUT2D eigenvalue weighted by Gasteiger charge is 2.41. The fourth-order valence-electron chi connectivity index (χ4n) is 3.60. The van der Waals surface area contributed by atoms with E-state index in [1.54, 1.807) is 23.3 Å². The predicted molar refractivity (Wildman–Crippen MR) is 99.8 cm³/mol. The molecule has 3 rings (SSSR count). The Balaban J connectivity index is 1.66. The van der Waals surface area contributed by atoms with Gasteiger partial charge in [0.2, 0.25) is 0 Å². The molecule has 26 heavy (non-hydrogen) atoms. The van der Waals surface area contributed by atoms with E-state index >= 15 is 0 Å². The number of benzene rings is 1. The van der Waals surface area contributed by atoms with Crippen LogP contribution < -0.4 is 0 Å². The Labute approximate surface area is 158 Å². The van der Waals surface area contributed by atoms with Gasteiger partial charge in [0.05, 0.1) is 17.8 Å². The monoisotopic (exact) mass is 377 g/mol. The molecular weight excluding hydrogens is 354 g/mol. The Morgan fingerprint density at radius 2 is 1.92 bits per heavy atom. The summed E-state index contributed by atoms with van der Waals surface area (Å²) in [5.41, 5.74) is 1.40. The Kier molecular flexibility index (Phi) is 5.87. The van der Waals surface area contributed by atoms with Crippen LogP contribution in [0, 0.1) is 5.92 Å². The van der Waals surface area contributed by atoms with E-state index in [9.17, 15) is 9.59 Å². The Hall–Kier alpha value is -2.01. The summed E-state index contributed by atoms with van der Waals surface area (Å²) in [7, 11) is 0. The van der Waals surface area contributed by atoms with Gasteiger partial charge in [0.1, 0.15) is 12.2 Å². The summed E-state index contributed by atoms with van der Waals surface area (Å²) >= 11 is 5.92. The number of fused-ring (bicyclic) bond motifs is 1.